The van der Waals surface area contributed by atoms with E-state index in [1.165, 1.54) is 12.1 Å². The molecule has 15 nitrogen and oxygen atoms in total. The van der Waals surface area contributed by atoms with E-state index < -0.39 is 49.7 Å². The van der Waals surface area contributed by atoms with Crippen LogP contribution in [0.1, 0.15) is 56.1 Å². The molecule has 0 radical (unpaired) electrons. The van der Waals surface area contributed by atoms with Crippen molar-refractivity contribution < 1.29 is 42.8 Å². The summed E-state index contributed by atoms with van der Waals surface area (Å²) in [4.78, 5) is 87.2. The van der Waals surface area contributed by atoms with Gasteiger partial charge in [-0.05, 0) is 82.3 Å². The molecule has 2 fully saturated rings. The number of phosphoric ester groups is 1. The summed E-state index contributed by atoms with van der Waals surface area (Å²) in [5.41, 5.74) is 6.90. The minimum absolute atomic E-state index is 0.00415. The Bertz CT molecular complexity index is 1530. The molecule has 0 saturated carbocycles. The molecule has 2 aromatic carbocycles. The number of nitrogens with one attached hydrogen (secondary N) is 3. The zero-order chi connectivity index (χ0) is 35.7. The van der Waals surface area contributed by atoms with Crippen LogP contribution in [0.25, 0.3) is 0 Å². The maximum atomic E-state index is 14.0. The summed E-state index contributed by atoms with van der Waals surface area (Å²) < 4.78 is 15.7. The molecule has 0 aliphatic carbocycles. The van der Waals surface area contributed by atoms with Crippen LogP contribution < -0.4 is 26.2 Å². The Hall–Kier alpha value is -4.30. The molecule has 49 heavy (non-hydrogen) atoms. The first-order chi connectivity index (χ1) is 23.2. The first-order valence-electron chi connectivity index (χ1n) is 16.2. The first kappa shape index (κ1) is 37.5. The predicted octanol–water partition coefficient (Wildman–Crippen LogP) is 0.726. The molecule has 4 rings (SSSR count). The molecule has 5 atom stereocenters. The van der Waals surface area contributed by atoms with E-state index in [-0.39, 0.29) is 49.4 Å². The quantitative estimate of drug-likeness (QED) is 0.143. The molecular weight excluding hydrogens is 655 g/mol. The number of hydrogen-bond acceptors (Lipinski definition) is 8. The zero-order valence-corrected chi connectivity index (χ0v) is 28.5. The van der Waals surface area contributed by atoms with Gasteiger partial charge in [-0.1, -0.05) is 42.5 Å². The van der Waals surface area contributed by atoms with Gasteiger partial charge in [0.2, 0.25) is 29.5 Å². The molecule has 5 amide bonds. The molecule has 2 aliphatic heterocycles. The van der Waals surface area contributed by atoms with Crippen LogP contribution in [0.15, 0.2) is 54.6 Å². The second-order valence-corrected chi connectivity index (χ2v) is 13.8. The van der Waals surface area contributed by atoms with E-state index in [9.17, 15) is 28.5 Å². The van der Waals surface area contributed by atoms with E-state index in [2.05, 4.69) is 20.5 Å². The number of likely N-dealkylation sites (N-methyl/N-ethyl adjacent to an activating group) is 1. The van der Waals surface area contributed by atoms with Gasteiger partial charge in [0.1, 0.15) is 23.9 Å². The Morgan fingerprint density at radius 1 is 0.980 bits per heavy atom. The Morgan fingerprint density at radius 3 is 2.31 bits per heavy atom. The van der Waals surface area contributed by atoms with Gasteiger partial charge >= 0.3 is 7.82 Å². The van der Waals surface area contributed by atoms with Crippen LogP contribution in [-0.2, 0) is 41.5 Å². The second kappa shape index (κ2) is 16.9. The molecule has 0 aromatic heterocycles. The minimum atomic E-state index is -4.71. The molecular formula is C33H45N6O9P. The lowest BCUT2D eigenvalue weighted by Gasteiger charge is -2.32. The summed E-state index contributed by atoms with van der Waals surface area (Å²) in [6.07, 6.45) is 2.81. The van der Waals surface area contributed by atoms with Crippen molar-refractivity contribution in [3.63, 3.8) is 0 Å². The van der Waals surface area contributed by atoms with Gasteiger partial charge < -0.3 is 31.1 Å². The Morgan fingerprint density at radius 2 is 1.67 bits per heavy atom. The lowest BCUT2D eigenvalue weighted by Crippen LogP contribution is -2.58. The minimum Gasteiger partial charge on any atom is -0.404 e. The van der Waals surface area contributed by atoms with E-state index in [1.807, 2.05) is 30.3 Å². The van der Waals surface area contributed by atoms with Gasteiger partial charge in [-0.15, -0.1) is 0 Å². The smallest absolute Gasteiger partial charge is 0.404 e. The van der Waals surface area contributed by atoms with E-state index in [0.717, 1.165) is 5.56 Å². The van der Waals surface area contributed by atoms with Gasteiger partial charge in [-0.2, -0.15) is 0 Å². The van der Waals surface area contributed by atoms with Crippen LogP contribution in [-0.4, -0.2) is 93.4 Å². The first-order valence-corrected chi connectivity index (χ1v) is 17.8. The van der Waals surface area contributed by atoms with Crippen LogP contribution in [0.5, 0.6) is 5.75 Å². The van der Waals surface area contributed by atoms with Gasteiger partial charge in [0, 0.05) is 19.0 Å². The molecule has 266 valence electrons. The summed E-state index contributed by atoms with van der Waals surface area (Å²) in [6.45, 7) is 0.227. The normalized spacial score (nSPS) is 20.5. The highest BCUT2D eigenvalue weighted by Crippen LogP contribution is 2.37. The highest BCUT2D eigenvalue weighted by Gasteiger charge is 2.45. The highest BCUT2D eigenvalue weighted by atomic mass is 31.2. The molecule has 0 spiro atoms. The third-order valence-corrected chi connectivity index (χ3v) is 9.28. The number of carbonyl (C=O) groups excluding carboxylic acids is 5. The molecule has 16 heteroatoms. The Balaban J connectivity index is 1.42. The highest BCUT2D eigenvalue weighted by molar-refractivity contribution is 7.46. The monoisotopic (exact) mass is 700 g/mol. The second-order valence-electron chi connectivity index (χ2n) is 12.7. The van der Waals surface area contributed by atoms with Crippen molar-refractivity contribution in [1.29, 1.82) is 0 Å². The van der Waals surface area contributed by atoms with Crippen molar-refractivity contribution in [1.82, 2.24) is 25.8 Å². The number of carbonyl (C=O) groups is 5. The molecule has 1 unspecified atom stereocenters. The fourth-order valence-electron chi connectivity index (χ4n) is 6.31. The van der Waals surface area contributed by atoms with Gasteiger partial charge in [-0.25, -0.2) is 4.57 Å². The predicted molar refractivity (Wildman–Crippen MR) is 178 cm³/mol. The maximum Gasteiger partial charge on any atom is 0.524 e. The average molecular weight is 701 g/mol. The van der Waals surface area contributed by atoms with Crippen LogP contribution >= 0.6 is 7.82 Å². The van der Waals surface area contributed by atoms with Crippen molar-refractivity contribution >= 4 is 37.4 Å². The number of phosphoric acid groups is 1. The molecule has 7 N–H and O–H groups in total. The molecule has 0 bridgehead atoms. The van der Waals surface area contributed by atoms with E-state index in [4.69, 9.17) is 15.5 Å². The lowest BCUT2D eigenvalue weighted by molar-refractivity contribution is -0.143. The van der Waals surface area contributed by atoms with Gasteiger partial charge in [0.25, 0.3) is 0 Å². The fraction of sp³-hybridized carbons (Fsp3) is 0.485. The molecule has 2 heterocycles. The number of hydrogen-bond donors (Lipinski definition) is 6. The Kier molecular flexibility index (Phi) is 12.9. The third-order valence-electron chi connectivity index (χ3n) is 8.83. The number of benzene rings is 2. The van der Waals surface area contributed by atoms with E-state index in [0.29, 0.717) is 37.7 Å². The number of amides is 5. The van der Waals surface area contributed by atoms with Crippen molar-refractivity contribution in [2.24, 2.45) is 5.73 Å². The summed E-state index contributed by atoms with van der Waals surface area (Å²) in [5, 5.41) is 8.46. The number of nitrogens with zero attached hydrogens (tertiary/aromatic N) is 2. The van der Waals surface area contributed by atoms with E-state index >= 15 is 0 Å². The SMILES string of the molecule is CN(C)[C@@H](Cc1ccc(OP(=O)(O)O)cc1)C(=O)N[C@H]1CCCC2CC[C@@H](C(=O)N[C@@H](CCC(N)=O)C(=O)NCc3ccccc3)N2C1=O. The van der Waals surface area contributed by atoms with Gasteiger partial charge in [0.15, 0.2) is 0 Å². The van der Waals surface area contributed by atoms with E-state index in [1.54, 1.807) is 36.0 Å². The largest absolute Gasteiger partial charge is 0.524 e. The standard InChI is InChI=1S/C33H45N6O9P/c1-38(2)28(19-21-11-14-24(15-12-21)48-49(45,46)47)32(43)37-26-10-6-9-23-13-17-27(39(23)33(26)44)31(42)36-25(16-18-29(34)40)30(41)35-20-22-7-4-3-5-8-22/h3-5,7-8,11-12,14-15,23,25-28H,6,9-10,13,16-20H2,1-2H3,(H2,34,40)(H,35,41)(H,36,42)(H,37,43)(H2,45,46,47)/t23?,25-,26-,27-,28-/m0/s1. The van der Waals surface area contributed by atoms with Gasteiger partial charge in [-0.3, -0.25) is 38.7 Å². The average Bonchev–Trinajstić information content (AvgIpc) is 3.41. The lowest BCUT2D eigenvalue weighted by atomic mass is 10.0. The maximum absolute atomic E-state index is 14.0. The fourth-order valence-corrected chi connectivity index (χ4v) is 6.70. The van der Waals surface area contributed by atoms with Crippen LogP contribution in [0.2, 0.25) is 0 Å². The summed E-state index contributed by atoms with van der Waals surface area (Å²) in [6, 6.07) is 11.6. The van der Waals surface area contributed by atoms with Crippen molar-refractivity contribution in [3.05, 3.63) is 65.7 Å². The van der Waals surface area contributed by atoms with Gasteiger partial charge in [0.05, 0.1) is 6.04 Å². The topological polar surface area (TPSA) is 221 Å². The molecule has 2 saturated heterocycles. The van der Waals surface area contributed by atoms with Crippen LogP contribution in [0, 0.1) is 0 Å². The van der Waals surface area contributed by atoms with Crippen molar-refractivity contribution in [3.8, 4) is 5.75 Å². The van der Waals surface area contributed by atoms with Crippen molar-refractivity contribution in [2.45, 2.75) is 88.1 Å². The van der Waals surface area contributed by atoms with Crippen LogP contribution in [0.4, 0.5) is 0 Å². The summed E-state index contributed by atoms with van der Waals surface area (Å²) in [7, 11) is -1.25. The zero-order valence-electron chi connectivity index (χ0n) is 27.6. The number of nitrogens with two attached hydrogens (primary N) is 1. The summed E-state index contributed by atoms with van der Waals surface area (Å²) in [5.74, 6) is -2.37. The number of fused-ring (bicyclic) bond motifs is 1. The van der Waals surface area contributed by atoms with Crippen LogP contribution in [0.3, 0.4) is 0 Å². The number of rotatable bonds is 15. The summed E-state index contributed by atoms with van der Waals surface area (Å²) >= 11 is 0. The molecule has 2 aromatic rings. The molecule has 2 aliphatic rings. The Labute approximate surface area is 285 Å². The number of primary amides is 1. The van der Waals surface area contributed by atoms with Crippen molar-refractivity contribution in [2.75, 3.05) is 14.1 Å². The third kappa shape index (κ3) is 10.8.